The van der Waals surface area contributed by atoms with Crippen molar-refractivity contribution in [1.82, 2.24) is 0 Å². The van der Waals surface area contributed by atoms with Gasteiger partial charge in [0.2, 0.25) is 0 Å². The normalized spacial score (nSPS) is 13.0. The SMILES string of the molecule is [CH2]CC(c1cccc(C=O)c1)c1ccccc1C(C)(C)O. The molecule has 0 aliphatic carbocycles. The first-order chi connectivity index (χ1) is 9.97. The van der Waals surface area contributed by atoms with Crippen LogP contribution in [0.5, 0.6) is 0 Å². The highest BCUT2D eigenvalue weighted by Crippen LogP contribution is 2.34. The van der Waals surface area contributed by atoms with Crippen LogP contribution in [0.4, 0.5) is 0 Å². The first-order valence-electron chi connectivity index (χ1n) is 7.13. The minimum Gasteiger partial charge on any atom is -0.386 e. The average Bonchev–Trinajstić information content (AvgIpc) is 2.48. The van der Waals surface area contributed by atoms with Gasteiger partial charge in [-0.15, -0.1) is 0 Å². The molecule has 2 aromatic rings. The van der Waals surface area contributed by atoms with E-state index in [0.717, 1.165) is 23.0 Å². The third kappa shape index (κ3) is 3.40. The zero-order chi connectivity index (χ0) is 15.5. The van der Waals surface area contributed by atoms with Crippen LogP contribution >= 0.6 is 0 Å². The van der Waals surface area contributed by atoms with Gasteiger partial charge in [0.1, 0.15) is 6.29 Å². The van der Waals surface area contributed by atoms with Crippen LogP contribution in [-0.2, 0) is 5.60 Å². The zero-order valence-electron chi connectivity index (χ0n) is 12.5. The van der Waals surface area contributed by atoms with Crippen LogP contribution in [0.2, 0.25) is 0 Å². The molecule has 0 bridgehead atoms. The van der Waals surface area contributed by atoms with E-state index in [0.29, 0.717) is 12.0 Å². The van der Waals surface area contributed by atoms with Gasteiger partial charge in [-0.2, -0.15) is 0 Å². The van der Waals surface area contributed by atoms with E-state index in [4.69, 9.17) is 0 Å². The van der Waals surface area contributed by atoms with Gasteiger partial charge in [-0.25, -0.2) is 0 Å². The van der Waals surface area contributed by atoms with E-state index in [9.17, 15) is 9.90 Å². The molecular weight excluding hydrogens is 260 g/mol. The van der Waals surface area contributed by atoms with Gasteiger partial charge >= 0.3 is 0 Å². The fraction of sp³-hybridized carbons (Fsp3) is 0.263. The Hall–Kier alpha value is -1.93. The number of rotatable bonds is 5. The average molecular weight is 281 g/mol. The maximum Gasteiger partial charge on any atom is 0.150 e. The molecule has 2 rings (SSSR count). The zero-order valence-corrected chi connectivity index (χ0v) is 12.5. The maximum absolute atomic E-state index is 11.0. The Morgan fingerprint density at radius 3 is 2.52 bits per heavy atom. The van der Waals surface area contributed by atoms with Crippen LogP contribution in [0.15, 0.2) is 48.5 Å². The van der Waals surface area contributed by atoms with Crippen molar-refractivity contribution in [3.63, 3.8) is 0 Å². The van der Waals surface area contributed by atoms with Crippen molar-refractivity contribution in [2.24, 2.45) is 0 Å². The Bertz CT molecular complexity index is 623. The topological polar surface area (TPSA) is 37.3 Å². The molecule has 0 saturated carbocycles. The van der Waals surface area contributed by atoms with E-state index in [1.807, 2.05) is 42.5 Å². The monoisotopic (exact) mass is 281 g/mol. The number of carbonyl (C=O) groups is 1. The van der Waals surface area contributed by atoms with E-state index in [1.165, 1.54) is 0 Å². The lowest BCUT2D eigenvalue weighted by molar-refractivity contribution is 0.0773. The quantitative estimate of drug-likeness (QED) is 0.838. The summed E-state index contributed by atoms with van der Waals surface area (Å²) in [5.74, 6) is 0.0625. The number of carbonyl (C=O) groups excluding carboxylic acids is 1. The lowest BCUT2D eigenvalue weighted by atomic mass is 9.81. The smallest absolute Gasteiger partial charge is 0.150 e. The lowest BCUT2D eigenvalue weighted by Gasteiger charge is -2.26. The fourth-order valence-corrected chi connectivity index (χ4v) is 2.71. The fourth-order valence-electron chi connectivity index (χ4n) is 2.71. The molecule has 109 valence electrons. The molecule has 1 N–H and O–H groups in total. The Labute approximate surface area is 126 Å². The summed E-state index contributed by atoms with van der Waals surface area (Å²) in [5, 5.41) is 10.4. The molecule has 0 amide bonds. The van der Waals surface area contributed by atoms with E-state index in [2.05, 4.69) is 6.92 Å². The molecule has 0 aliphatic heterocycles. The van der Waals surface area contributed by atoms with Gasteiger partial charge in [-0.3, -0.25) is 4.79 Å². The molecule has 0 saturated heterocycles. The molecule has 1 unspecified atom stereocenters. The van der Waals surface area contributed by atoms with Gasteiger partial charge < -0.3 is 5.11 Å². The van der Waals surface area contributed by atoms with E-state index in [1.54, 1.807) is 19.9 Å². The minimum absolute atomic E-state index is 0.0625. The predicted octanol–water partition coefficient (Wildman–Crippen LogP) is 4.08. The summed E-state index contributed by atoms with van der Waals surface area (Å²) in [6.45, 7) is 7.62. The van der Waals surface area contributed by atoms with Crippen LogP contribution in [0.25, 0.3) is 0 Å². The van der Waals surface area contributed by atoms with Gasteiger partial charge in [0.05, 0.1) is 5.60 Å². The van der Waals surface area contributed by atoms with Gasteiger partial charge in [-0.1, -0.05) is 49.4 Å². The van der Waals surface area contributed by atoms with Gasteiger partial charge in [0.25, 0.3) is 0 Å². The number of aliphatic hydroxyl groups is 1. The molecule has 0 heterocycles. The van der Waals surface area contributed by atoms with Crippen molar-refractivity contribution in [3.05, 3.63) is 77.7 Å². The van der Waals surface area contributed by atoms with Crippen molar-refractivity contribution in [3.8, 4) is 0 Å². The minimum atomic E-state index is -0.910. The largest absolute Gasteiger partial charge is 0.386 e. The van der Waals surface area contributed by atoms with Gasteiger partial charge in [0.15, 0.2) is 0 Å². The lowest BCUT2D eigenvalue weighted by Crippen LogP contribution is -2.19. The van der Waals surface area contributed by atoms with E-state index >= 15 is 0 Å². The highest BCUT2D eigenvalue weighted by atomic mass is 16.3. The summed E-state index contributed by atoms with van der Waals surface area (Å²) in [6, 6.07) is 15.4. The molecule has 2 nitrogen and oxygen atoms in total. The van der Waals surface area contributed by atoms with E-state index in [-0.39, 0.29) is 5.92 Å². The second-order valence-corrected chi connectivity index (χ2v) is 5.78. The van der Waals surface area contributed by atoms with Crippen LogP contribution in [0, 0.1) is 6.92 Å². The van der Waals surface area contributed by atoms with Gasteiger partial charge in [-0.05, 0) is 43.0 Å². The van der Waals surface area contributed by atoms with E-state index < -0.39 is 5.60 Å². The summed E-state index contributed by atoms with van der Waals surface area (Å²) >= 11 is 0. The summed E-state index contributed by atoms with van der Waals surface area (Å²) in [7, 11) is 0. The second kappa shape index (κ2) is 6.23. The summed E-state index contributed by atoms with van der Waals surface area (Å²) in [4.78, 5) is 11.0. The summed E-state index contributed by atoms with van der Waals surface area (Å²) in [5.41, 5.74) is 2.75. The van der Waals surface area contributed by atoms with Crippen molar-refractivity contribution >= 4 is 6.29 Å². The number of aldehydes is 1. The van der Waals surface area contributed by atoms with Crippen molar-refractivity contribution in [2.75, 3.05) is 0 Å². The second-order valence-electron chi connectivity index (χ2n) is 5.78. The molecule has 0 spiro atoms. The van der Waals surface area contributed by atoms with Crippen LogP contribution < -0.4 is 0 Å². The molecule has 1 atom stereocenters. The highest BCUT2D eigenvalue weighted by Gasteiger charge is 2.24. The molecular formula is C19H21O2. The standard InChI is InChI=1S/C19H21O2/c1-4-16(15-9-7-8-14(12-15)13-20)17-10-5-6-11-18(17)19(2,3)21/h5-13,16,21H,1,4H2,2-3H3. The number of benzene rings is 2. The molecule has 0 aliphatic rings. The Morgan fingerprint density at radius 2 is 1.90 bits per heavy atom. The van der Waals surface area contributed by atoms with Crippen LogP contribution in [-0.4, -0.2) is 11.4 Å². The molecule has 0 aromatic heterocycles. The van der Waals surface area contributed by atoms with Crippen LogP contribution in [0.1, 0.15) is 53.2 Å². The summed E-state index contributed by atoms with van der Waals surface area (Å²) in [6.07, 6.45) is 1.51. The molecule has 1 radical (unpaired) electrons. The Balaban J connectivity index is 2.54. The Kier molecular flexibility index (Phi) is 4.59. The highest BCUT2D eigenvalue weighted by molar-refractivity contribution is 5.75. The predicted molar refractivity (Wildman–Crippen MR) is 85.3 cm³/mol. The van der Waals surface area contributed by atoms with Crippen molar-refractivity contribution in [1.29, 1.82) is 0 Å². The van der Waals surface area contributed by atoms with Crippen molar-refractivity contribution < 1.29 is 9.90 Å². The first-order valence-corrected chi connectivity index (χ1v) is 7.13. The molecule has 21 heavy (non-hydrogen) atoms. The third-order valence-corrected chi connectivity index (χ3v) is 3.73. The molecule has 2 heteroatoms. The molecule has 0 fully saturated rings. The van der Waals surface area contributed by atoms with Crippen molar-refractivity contribution in [2.45, 2.75) is 31.8 Å². The summed E-state index contributed by atoms with van der Waals surface area (Å²) < 4.78 is 0. The number of hydrogen-bond donors (Lipinski definition) is 1. The number of hydrogen-bond acceptors (Lipinski definition) is 2. The third-order valence-electron chi connectivity index (χ3n) is 3.73. The molecule has 2 aromatic carbocycles. The first kappa shape index (κ1) is 15.5. The Morgan fingerprint density at radius 1 is 1.19 bits per heavy atom. The van der Waals surface area contributed by atoms with Crippen LogP contribution in [0.3, 0.4) is 0 Å². The maximum atomic E-state index is 11.0. The van der Waals surface area contributed by atoms with Gasteiger partial charge in [0, 0.05) is 11.5 Å².